The molecular weight excluding hydrogens is 375 g/mol. The van der Waals surface area contributed by atoms with Gasteiger partial charge in [0.05, 0.1) is 5.02 Å². The summed E-state index contributed by atoms with van der Waals surface area (Å²) in [5.74, 6) is -0.604. The van der Waals surface area contributed by atoms with Gasteiger partial charge in [-0.3, -0.25) is 4.79 Å². The van der Waals surface area contributed by atoms with Gasteiger partial charge in [-0.05, 0) is 63.1 Å². The molecule has 0 saturated carbocycles. The van der Waals surface area contributed by atoms with Crippen molar-refractivity contribution in [3.05, 3.63) is 63.1 Å². The minimum atomic E-state index is -0.927. The zero-order valence-corrected chi connectivity index (χ0v) is 16.5. The van der Waals surface area contributed by atoms with Crippen molar-refractivity contribution in [3.8, 4) is 5.75 Å². The van der Waals surface area contributed by atoms with Gasteiger partial charge in [0.25, 0.3) is 0 Å². The Morgan fingerprint density at radius 1 is 0.923 bits per heavy atom. The number of aryl methyl sites for hydroxylation is 2. The Labute approximate surface area is 163 Å². The summed E-state index contributed by atoms with van der Waals surface area (Å²) in [6.07, 6.45) is -1.85. The van der Waals surface area contributed by atoms with Crippen LogP contribution >= 0.6 is 23.2 Å². The molecule has 0 fully saturated rings. The van der Waals surface area contributed by atoms with Crippen molar-refractivity contribution >= 4 is 35.0 Å². The molecule has 0 aliphatic carbocycles. The largest absolute Gasteiger partial charge is 0.477 e. The van der Waals surface area contributed by atoms with Crippen LogP contribution in [0, 0.1) is 13.8 Å². The molecule has 26 heavy (non-hydrogen) atoms. The summed E-state index contributed by atoms with van der Waals surface area (Å²) < 4.78 is 10.8. The summed E-state index contributed by atoms with van der Waals surface area (Å²) in [4.78, 5) is 24.7. The van der Waals surface area contributed by atoms with Crippen molar-refractivity contribution in [2.75, 3.05) is 0 Å². The Bertz CT molecular complexity index is 833. The number of rotatable bonds is 6. The second-order valence-corrected chi connectivity index (χ2v) is 6.92. The maximum Gasteiger partial charge on any atom is 0.347 e. The first-order valence-electron chi connectivity index (χ1n) is 8.12. The molecule has 2 aromatic rings. The molecule has 0 N–H and O–H groups in total. The van der Waals surface area contributed by atoms with Crippen LogP contribution in [0.4, 0.5) is 0 Å². The molecule has 4 nitrogen and oxygen atoms in total. The minimum Gasteiger partial charge on any atom is -0.477 e. The summed E-state index contributed by atoms with van der Waals surface area (Å²) in [5, 5.41) is 0.751. The number of esters is 1. The first kappa shape index (κ1) is 20.3. The highest BCUT2D eigenvalue weighted by Gasteiger charge is 2.24. The van der Waals surface area contributed by atoms with E-state index in [1.165, 1.54) is 19.9 Å². The van der Waals surface area contributed by atoms with E-state index in [2.05, 4.69) is 0 Å². The maximum atomic E-state index is 12.5. The van der Waals surface area contributed by atoms with Crippen molar-refractivity contribution in [1.29, 1.82) is 0 Å². The van der Waals surface area contributed by atoms with E-state index in [1.54, 1.807) is 24.3 Å². The van der Waals surface area contributed by atoms with E-state index in [0.29, 0.717) is 16.3 Å². The first-order chi connectivity index (χ1) is 12.2. The highest BCUT2D eigenvalue weighted by atomic mass is 35.5. The van der Waals surface area contributed by atoms with Gasteiger partial charge < -0.3 is 9.47 Å². The number of carbonyl (C=O) groups is 2. The molecule has 0 heterocycles. The molecule has 2 atom stereocenters. The Kier molecular flexibility index (Phi) is 6.68. The molecule has 2 rings (SSSR count). The minimum absolute atomic E-state index is 0.266. The van der Waals surface area contributed by atoms with Gasteiger partial charge in [0, 0.05) is 10.6 Å². The second-order valence-electron chi connectivity index (χ2n) is 6.08. The van der Waals surface area contributed by atoms with E-state index in [9.17, 15) is 9.59 Å². The van der Waals surface area contributed by atoms with Gasteiger partial charge in [-0.1, -0.05) is 35.3 Å². The monoisotopic (exact) mass is 394 g/mol. The van der Waals surface area contributed by atoms with Crippen LogP contribution in [0.3, 0.4) is 0 Å². The van der Waals surface area contributed by atoms with Gasteiger partial charge >= 0.3 is 5.97 Å². The van der Waals surface area contributed by atoms with Crippen LogP contribution in [0.2, 0.25) is 10.0 Å². The van der Waals surface area contributed by atoms with Crippen molar-refractivity contribution in [2.24, 2.45) is 0 Å². The van der Waals surface area contributed by atoms with Gasteiger partial charge in [-0.2, -0.15) is 0 Å². The summed E-state index contributed by atoms with van der Waals surface area (Å²) in [6, 6.07) is 10.1. The zero-order valence-electron chi connectivity index (χ0n) is 15.0. The first-order valence-corrected chi connectivity index (χ1v) is 8.88. The molecule has 0 amide bonds. The van der Waals surface area contributed by atoms with Crippen molar-refractivity contribution in [1.82, 2.24) is 0 Å². The SMILES string of the molecule is Cc1ccc(C(=O)[C@@H](C)OC(=O)[C@H](C)Oc2ccc(Cl)cc2Cl)cc1C. The predicted octanol–water partition coefficient (Wildman–Crippen LogP) is 5.19. The molecule has 0 aliphatic rings. The Balaban J connectivity index is 2.00. The van der Waals surface area contributed by atoms with E-state index in [0.717, 1.165) is 11.1 Å². The number of halogens is 2. The van der Waals surface area contributed by atoms with E-state index in [1.807, 2.05) is 19.9 Å². The van der Waals surface area contributed by atoms with Crippen LogP contribution in [-0.4, -0.2) is 24.0 Å². The molecule has 0 radical (unpaired) electrons. The smallest absolute Gasteiger partial charge is 0.347 e. The molecule has 0 aliphatic heterocycles. The molecule has 6 heteroatoms. The second kappa shape index (κ2) is 8.56. The lowest BCUT2D eigenvalue weighted by Crippen LogP contribution is -2.32. The molecule has 0 unspecified atom stereocenters. The van der Waals surface area contributed by atoms with E-state index in [-0.39, 0.29) is 10.8 Å². The molecule has 2 aromatic carbocycles. The zero-order chi connectivity index (χ0) is 19.4. The highest BCUT2D eigenvalue weighted by molar-refractivity contribution is 6.35. The van der Waals surface area contributed by atoms with Gasteiger partial charge in [0.2, 0.25) is 5.78 Å². The van der Waals surface area contributed by atoms with Crippen molar-refractivity contribution in [3.63, 3.8) is 0 Å². The molecule has 0 aromatic heterocycles. The van der Waals surface area contributed by atoms with Crippen LogP contribution in [0.15, 0.2) is 36.4 Å². The average Bonchev–Trinajstić information content (AvgIpc) is 2.58. The van der Waals surface area contributed by atoms with E-state index >= 15 is 0 Å². The quantitative estimate of drug-likeness (QED) is 0.499. The highest BCUT2D eigenvalue weighted by Crippen LogP contribution is 2.28. The van der Waals surface area contributed by atoms with Gasteiger partial charge in [-0.15, -0.1) is 0 Å². The standard InChI is InChI=1S/C20H20Cl2O4/c1-11-5-6-15(9-12(11)2)19(23)13(3)26-20(24)14(4)25-18-8-7-16(21)10-17(18)22/h5-10,13-14H,1-4H3/t13-,14+/m1/s1. The fourth-order valence-corrected chi connectivity index (χ4v) is 2.72. The molecule has 0 spiro atoms. The summed E-state index contributed by atoms with van der Waals surface area (Å²) in [7, 11) is 0. The number of benzene rings is 2. The Morgan fingerprint density at radius 3 is 2.23 bits per heavy atom. The number of Topliss-reactive ketones (excluding diaryl/α,β-unsaturated/α-hetero) is 1. The lowest BCUT2D eigenvalue weighted by Gasteiger charge is -2.18. The summed E-state index contributed by atoms with van der Waals surface area (Å²) in [5.41, 5.74) is 2.60. The lowest BCUT2D eigenvalue weighted by atomic mass is 10.0. The number of hydrogen-bond donors (Lipinski definition) is 0. The Morgan fingerprint density at radius 2 is 1.62 bits per heavy atom. The van der Waals surface area contributed by atoms with Crippen LogP contribution in [0.25, 0.3) is 0 Å². The van der Waals surface area contributed by atoms with Crippen LogP contribution in [0.5, 0.6) is 5.75 Å². The Hall–Kier alpha value is -2.04. The predicted molar refractivity (Wildman–Crippen MR) is 102 cm³/mol. The molecule has 0 bridgehead atoms. The summed E-state index contributed by atoms with van der Waals surface area (Å²) in [6.45, 7) is 6.96. The summed E-state index contributed by atoms with van der Waals surface area (Å²) >= 11 is 11.9. The number of ketones is 1. The number of hydrogen-bond acceptors (Lipinski definition) is 4. The van der Waals surface area contributed by atoms with Crippen LogP contribution in [0.1, 0.15) is 35.3 Å². The molecular formula is C20H20Cl2O4. The van der Waals surface area contributed by atoms with E-state index < -0.39 is 18.2 Å². The van der Waals surface area contributed by atoms with Gasteiger partial charge in [0.1, 0.15) is 5.75 Å². The number of carbonyl (C=O) groups excluding carboxylic acids is 2. The topological polar surface area (TPSA) is 52.6 Å². The van der Waals surface area contributed by atoms with Gasteiger partial charge in [0.15, 0.2) is 12.2 Å². The third kappa shape index (κ3) is 4.99. The normalized spacial score (nSPS) is 13.0. The fourth-order valence-electron chi connectivity index (χ4n) is 2.26. The maximum absolute atomic E-state index is 12.5. The third-order valence-electron chi connectivity index (χ3n) is 3.98. The van der Waals surface area contributed by atoms with Crippen LogP contribution < -0.4 is 4.74 Å². The van der Waals surface area contributed by atoms with Crippen molar-refractivity contribution in [2.45, 2.75) is 39.9 Å². The van der Waals surface area contributed by atoms with Crippen LogP contribution in [-0.2, 0) is 9.53 Å². The lowest BCUT2D eigenvalue weighted by molar-refractivity contribution is -0.153. The fraction of sp³-hybridized carbons (Fsp3) is 0.300. The molecule has 0 saturated heterocycles. The van der Waals surface area contributed by atoms with E-state index in [4.69, 9.17) is 32.7 Å². The van der Waals surface area contributed by atoms with Gasteiger partial charge in [-0.25, -0.2) is 4.79 Å². The third-order valence-corrected chi connectivity index (χ3v) is 4.51. The molecule has 138 valence electrons. The number of ether oxygens (including phenoxy) is 2. The average molecular weight is 395 g/mol. The van der Waals surface area contributed by atoms with Crippen molar-refractivity contribution < 1.29 is 19.1 Å².